The van der Waals surface area contributed by atoms with Crippen molar-refractivity contribution < 1.29 is 23.8 Å². The molecular weight excluding hydrogens is 735 g/mol. The summed E-state index contributed by atoms with van der Waals surface area (Å²) in [6, 6.07) is 32.6. The number of rotatable bonds is 11. The highest BCUT2D eigenvalue weighted by molar-refractivity contribution is 7.99. The largest absolute Gasteiger partial charge is 0.463 e. The van der Waals surface area contributed by atoms with Crippen LogP contribution in [0.25, 0.3) is 6.08 Å². The minimum atomic E-state index is -0.321. The molecule has 0 bridgehead atoms. The summed E-state index contributed by atoms with van der Waals surface area (Å²) in [6.07, 6.45) is 2.92. The number of hydrogen-bond acceptors (Lipinski definition) is 13. The SMILES string of the molecule is CCOC(=O)/C=C/c1ccc(Sc2ccc(NC3=NCCN3)cc2)cc1.O=C(OCc1ccc(Sc2ccc(NC3=NCCN3)cc2)cc1)N1CCOCC1. The highest BCUT2D eigenvalue weighted by atomic mass is 32.2. The minimum Gasteiger partial charge on any atom is -0.463 e. The molecule has 0 aliphatic carbocycles. The van der Waals surface area contributed by atoms with Gasteiger partial charge in [0.2, 0.25) is 0 Å². The van der Waals surface area contributed by atoms with E-state index < -0.39 is 0 Å². The maximum atomic E-state index is 12.0. The number of aliphatic imine (C=N–C) groups is 2. The summed E-state index contributed by atoms with van der Waals surface area (Å²) in [6.45, 7) is 8.20. The van der Waals surface area contributed by atoms with Gasteiger partial charge in [-0.25, -0.2) is 9.59 Å². The van der Waals surface area contributed by atoms with Crippen LogP contribution in [-0.2, 0) is 25.6 Å². The van der Waals surface area contributed by atoms with Crippen molar-refractivity contribution in [3.63, 3.8) is 0 Å². The summed E-state index contributed by atoms with van der Waals surface area (Å²) in [5.41, 5.74) is 3.97. The van der Waals surface area contributed by atoms with Gasteiger partial charge in [0.25, 0.3) is 0 Å². The molecule has 0 saturated carbocycles. The molecule has 0 spiro atoms. The number of anilines is 2. The molecule has 0 unspecified atom stereocenters. The average molecular weight is 780 g/mol. The van der Waals surface area contributed by atoms with Crippen molar-refractivity contribution in [3.8, 4) is 0 Å². The van der Waals surface area contributed by atoms with Crippen molar-refractivity contribution >= 4 is 65.0 Å². The first-order chi connectivity index (χ1) is 27.0. The monoisotopic (exact) mass is 779 g/mol. The van der Waals surface area contributed by atoms with Crippen molar-refractivity contribution in [2.45, 2.75) is 33.1 Å². The molecule has 1 saturated heterocycles. The molecule has 4 N–H and O–H groups in total. The van der Waals surface area contributed by atoms with Gasteiger partial charge in [-0.3, -0.25) is 9.98 Å². The Labute approximate surface area is 330 Å². The molecule has 3 aliphatic heterocycles. The third-order valence-corrected chi connectivity index (χ3v) is 10.2. The fraction of sp³-hybridized carbons (Fsp3) is 0.268. The van der Waals surface area contributed by atoms with Crippen molar-refractivity contribution in [2.24, 2.45) is 9.98 Å². The lowest BCUT2D eigenvalue weighted by molar-refractivity contribution is -0.137. The number of hydrogen-bond donors (Lipinski definition) is 4. The number of esters is 1. The molecule has 1 amide bonds. The van der Waals surface area contributed by atoms with E-state index in [1.807, 2.05) is 72.8 Å². The lowest BCUT2D eigenvalue weighted by Crippen LogP contribution is -2.40. The van der Waals surface area contributed by atoms with E-state index in [4.69, 9.17) is 14.2 Å². The van der Waals surface area contributed by atoms with E-state index in [1.165, 1.54) is 6.08 Å². The summed E-state index contributed by atoms with van der Waals surface area (Å²) < 4.78 is 15.5. The van der Waals surface area contributed by atoms with Crippen molar-refractivity contribution in [2.75, 3.05) is 69.7 Å². The average Bonchev–Trinajstić information content (AvgIpc) is 3.95. The zero-order valence-corrected chi connectivity index (χ0v) is 32.3. The number of nitrogens with zero attached hydrogens (tertiary/aromatic N) is 3. The van der Waals surface area contributed by atoms with Crippen molar-refractivity contribution in [3.05, 3.63) is 114 Å². The molecule has 0 atom stereocenters. The van der Waals surface area contributed by atoms with Crippen molar-refractivity contribution in [1.82, 2.24) is 15.5 Å². The molecule has 55 heavy (non-hydrogen) atoms. The lowest BCUT2D eigenvalue weighted by atomic mass is 10.2. The number of amides is 1. The van der Waals surface area contributed by atoms with Gasteiger partial charge in [-0.05, 0) is 96.9 Å². The number of carbonyl (C=O) groups excluding carboxylic acids is 2. The molecule has 14 heteroatoms. The van der Waals surface area contributed by atoms with Gasteiger partial charge < -0.3 is 40.4 Å². The Morgan fingerprint density at radius 1 is 0.727 bits per heavy atom. The number of nitrogens with one attached hydrogen (secondary N) is 4. The zero-order chi connectivity index (χ0) is 38.1. The predicted molar refractivity (Wildman–Crippen MR) is 220 cm³/mol. The number of benzene rings is 4. The van der Waals surface area contributed by atoms with Gasteiger partial charge in [0, 0.05) is 63.2 Å². The van der Waals surface area contributed by atoms with Crippen LogP contribution in [0.5, 0.6) is 0 Å². The Balaban J connectivity index is 0.000000188. The molecule has 12 nitrogen and oxygen atoms in total. The fourth-order valence-corrected chi connectivity index (χ4v) is 6.99. The highest BCUT2D eigenvalue weighted by Gasteiger charge is 2.18. The van der Waals surface area contributed by atoms with Crippen LogP contribution in [0.1, 0.15) is 18.1 Å². The summed E-state index contributed by atoms with van der Waals surface area (Å²) in [5.74, 6) is 1.34. The van der Waals surface area contributed by atoms with Crippen LogP contribution >= 0.6 is 23.5 Å². The van der Waals surface area contributed by atoms with Gasteiger partial charge in [-0.15, -0.1) is 0 Å². The fourth-order valence-electron chi connectivity index (χ4n) is 5.36. The summed E-state index contributed by atoms with van der Waals surface area (Å²) in [5, 5.41) is 12.9. The first kappa shape index (κ1) is 39.3. The second-order valence-corrected chi connectivity index (χ2v) is 14.6. The van der Waals surface area contributed by atoms with Crippen LogP contribution in [0.4, 0.5) is 16.2 Å². The van der Waals surface area contributed by atoms with Gasteiger partial charge in [0.1, 0.15) is 6.61 Å². The minimum absolute atomic E-state index is 0.277. The van der Waals surface area contributed by atoms with Gasteiger partial charge in [-0.1, -0.05) is 47.8 Å². The summed E-state index contributed by atoms with van der Waals surface area (Å²) >= 11 is 3.38. The molecule has 1 fully saturated rings. The second kappa shape index (κ2) is 20.9. The number of guanidine groups is 2. The number of ether oxygens (including phenoxy) is 3. The number of carbonyl (C=O) groups is 2. The first-order valence-electron chi connectivity index (χ1n) is 18.2. The second-order valence-electron chi connectivity index (χ2n) is 12.3. The van der Waals surface area contributed by atoms with Gasteiger partial charge >= 0.3 is 12.1 Å². The topological polar surface area (TPSA) is 138 Å². The lowest BCUT2D eigenvalue weighted by Gasteiger charge is -2.25. The van der Waals surface area contributed by atoms with E-state index in [1.54, 1.807) is 41.4 Å². The van der Waals surface area contributed by atoms with E-state index in [0.717, 1.165) is 80.2 Å². The molecular formula is C41H45N7O5S2. The quantitative estimate of drug-likeness (QED) is 0.0929. The Bertz CT molecular complexity index is 1930. The van der Waals surface area contributed by atoms with Crippen molar-refractivity contribution in [1.29, 1.82) is 0 Å². The van der Waals surface area contributed by atoms with E-state index in [9.17, 15) is 9.59 Å². The molecule has 4 aromatic rings. The Hall–Kier alpha value is -5.44. The van der Waals surface area contributed by atoms with E-state index in [2.05, 4.69) is 55.5 Å². The third-order valence-electron chi connectivity index (χ3n) is 8.19. The maximum absolute atomic E-state index is 12.0. The smallest absolute Gasteiger partial charge is 0.410 e. The van der Waals surface area contributed by atoms with Gasteiger partial charge in [0.05, 0.1) is 32.9 Å². The number of morpholine rings is 1. The van der Waals surface area contributed by atoms with Crippen LogP contribution in [0.3, 0.4) is 0 Å². The summed E-state index contributed by atoms with van der Waals surface area (Å²) in [4.78, 5) is 38.3. The molecule has 0 aromatic heterocycles. The Morgan fingerprint density at radius 2 is 1.22 bits per heavy atom. The molecule has 4 aromatic carbocycles. The normalized spacial score (nSPS) is 14.8. The first-order valence-corrected chi connectivity index (χ1v) is 19.8. The van der Waals surface area contributed by atoms with Gasteiger partial charge in [0.15, 0.2) is 11.9 Å². The molecule has 3 heterocycles. The van der Waals surface area contributed by atoms with E-state index >= 15 is 0 Å². The molecule has 7 rings (SSSR count). The standard InChI is InChI=1S/C21H24N4O3S.C20H21N3O2S/c26-21(25-11-13-27-14-12-25)28-15-16-1-5-18(6-2-16)29-19-7-3-17(4-8-19)24-20-22-9-10-23-20;1-2-25-19(24)12-5-15-3-8-17(9-4-15)26-18-10-6-16(7-11-18)23-20-21-13-14-22-20/h1-8H,9-15H2,(H2,22,23,24);3-12H,2,13-14H2,1H3,(H2,21,22,23)/b;12-5+. The maximum Gasteiger partial charge on any atom is 0.410 e. The predicted octanol–water partition coefficient (Wildman–Crippen LogP) is 6.96. The third kappa shape index (κ3) is 13.1. The Kier molecular flexibility index (Phi) is 14.9. The van der Waals surface area contributed by atoms with Crippen LogP contribution in [0, 0.1) is 0 Å². The summed E-state index contributed by atoms with van der Waals surface area (Å²) in [7, 11) is 0. The van der Waals surface area contributed by atoms with Gasteiger partial charge in [-0.2, -0.15) is 0 Å². The Morgan fingerprint density at radius 3 is 1.69 bits per heavy atom. The van der Waals surface area contributed by atoms with Crippen LogP contribution < -0.4 is 21.3 Å². The van der Waals surface area contributed by atoms with Crippen LogP contribution in [0.15, 0.2) is 133 Å². The van der Waals surface area contributed by atoms with E-state index in [-0.39, 0.29) is 18.7 Å². The highest BCUT2D eigenvalue weighted by Crippen LogP contribution is 2.30. The van der Waals surface area contributed by atoms with Crippen LogP contribution in [-0.4, -0.2) is 88.0 Å². The zero-order valence-electron chi connectivity index (χ0n) is 30.7. The van der Waals surface area contributed by atoms with Crippen LogP contribution in [0.2, 0.25) is 0 Å². The molecule has 286 valence electrons. The molecule has 0 radical (unpaired) electrons. The molecule has 3 aliphatic rings. The van der Waals surface area contributed by atoms with E-state index in [0.29, 0.717) is 32.9 Å².